The molecule has 0 radical (unpaired) electrons. The van der Waals surface area contributed by atoms with E-state index < -0.39 is 0 Å². The lowest BCUT2D eigenvalue weighted by Gasteiger charge is -2.11. The molecule has 0 fully saturated rings. The molecule has 4 aromatic rings. The molecule has 3 aromatic carbocycles. The zero-order chi connectivity index (χ0) is 23.9. The van der Waals surface area contributed by atoms with Gasteiger partial charge in [-0.25, -0.2) is 9.82 Å². The molecule has 1 heterocycles. The van der Waals surface area contributed by atoms with Crippen molar-refractivity contribution in [3.63, 3.8) is 0 Å². The number of para-hydroxylation sites is 1. The number of fused-ring (bicyclic) bond motifs is 1. The van der Waals surface area contributed by atoms with Crippen LogP contribution in [0.4, 0.5) is 4.39 Å². The minimum atomic E-state index is -0.382. The van der Waals surface area contributed by atoms with Gasteiger partial charge in [-0.1, -0.05) is 30.3 Å². The van der Waals surface area contributed by atoms with Gasteiger partial charge in [-0.2, -0.15) is 5.10 Å². The molecule has 0 aliphatic carbocycles. The molecule has 0 aliphatic heterocycles. The summed E-state index contributed by atoms with van der Waals surface area (Å²) >= 11 is 4.37. The van der Waals surface area contributed by atoms with E-state index in [9.17, 15) is 9.18 Å². The highest BCUT2D eigenvalue weighted by Gasteiger charge is 2.10. The third kappa shape index (κ3) is 6.41. The van der Waals surface area contributed by atoms with Gasteiger partial charge in [-0.05, 0) is 92.7 Å². The first kappa shape index (κ1) is 24.3. The second-order valence-electron chi connectivity index (χ2n) is 7.14. The maximum absolute atomic E-state index is 13.1. The smallest absolute Gasteiger partial charge is 0.277 e. The molecule has 6 nitrogen and oxygen atoms in total. The highest BCUT2D eigenvalue weighted by Crippen LogP contribution is 2.29. The van der Waals surface area contributed by atoms with Crippen molar-refractivity contribution in [2.75, 3.05) is 6.61 Å². The lowest BCUT2D eigenvalue weighted by Crippen LogP contribution is -2.24. The Hall–Kier alpha value is -2.80. The van der Waals surface area contributed by atoms with E-state index in [2.05, 4.69) is 60.7 Å². The lowest BCUT2D eigenvalue weighted by molar-refractivity contribution is -0.123. The minimum absolute atomic E-state index is 0.182. The number of benzene rings is 3. The predicted molar refractivity (Wildman–Crippen MR) is 146 cm³/mol. The van der Waals surface area contributed by atoms with Gasteiger partial charge in [0.15, 0.2) is 6.61 Å². The molecule has 0 saturated heterocycles. The van der Waals surface area contributed by atoms with Gasteiger partial charge in [0.2, 0.25) is 0 Å². The number of rotatable bonds is 8. The van der Waals surface area contributed by atoms with Crippen molar-refractivity contribution in [3.8, 4) is 11.5 Å². The van der Waals surface area contributed by atoms with Gasteiger partial charge >= 0.3 is 0 Å². The van der Waals surface area contributed by atoms with Gasteiger partial charge in [0.05, 0.1) is 13.4 Å². The van der Waals surface area contributed by atoms with Crippen LogP contribution in [0.2, 0.25) is 0 Å². The van der Waals surface area contributed by atoms with Crippen molar-refractivity contribution >= 4 is 68.2 Å². The van der Waals surface area contributed by atoms with Crippen LogP contribution in [0.25, 0.3) is 10.9 Å². The number of halogens is 3. The van der Waals surface area contributed by atoms with Crippen molar-refractivity contribution in [1.82, 2.24) is 10.4 Å². The van der Waals surface area contributed by atoms with Crippen LogP contribution < -0.4 is 14.9 Å². The van der Waals surface area contributed by atoms with Crippen molar-refractivity contribution in [1.29, 1.82) is 0 Å². The molecule has 1 aromatic heterocycles. The Morgan fingerprint density at radius 1 is 1.03 bits per heavy atom. The van der Waals surface area contributed by atoms with E-state index in [1.165, 1.54) is 12.1 Å². The Labute approximate surface area is 222 Å². The molecule has 172 valence electrons. The largest absolute Gasteiger partial charge is 0.487 e. The van der Waals surface area contributed by atoms with Crippen molar-refractivity contribution < 1.29 is 18.7 Å². The summed E-state index contributed by atoms with van der Waals surface area (Å²) in [5.41, 5.74) is 4.86. The first-order chi connectivity index (χ1) is 16.5. The summed E-state index contributed by atoms with van der Waals surface area (Å²) in [6, 6.07) is 19.3. The van der Waals surface area contributed by atoms with E-state index in [-0.39, 0.29) is 18.3 Å². The minimum Gasteiger partial charge on any atom is -0.487 e. The molecule has 0 unspecified atom stereocenters. The van der Waals surface area contributed by atoms with E-state index in [1.807, 2.05) is 36.4 Å². The number of carbonyl (C=O) groups excluding carboxylic acids is 1. The third-order valence-electron chi connectivity index (χ3n) is 4.67. The summed E-state index contributed by atoms with van der Waals surface area (Å²) in [5, 5.41) is 4.96. The Kier molecular flexibility index (Phi) is 8.27. The van der Waals surface area contributed by atoms with Crippen LogP contribution in [0, 0.1) is 13.0 Å². The van der Waals surface area contributed by atoms with E-state index in [1.54, 1.807) is 30.6 Å². The number of hydrogen-bond donors (Lipinski definition) is 1. The molecular formula is C25H18FI2N3O3. The SMILES string of the molecule is O=C(COc1cccc2cccnc12)N/N=C/c1cc(I)c(OCc2ccc(F)cc2)c(I)c1. The second kappa shape index (κ2) is 11.6. The molecule has 9 heteroatoms. The van der Waals surface area contributed by atoms with E-state index in [0.717, 1.165) is 29.4 Å². The third-order valence-corrected chi connectivity index (χ3v) is 6.28. The standard InChI is InChI=1S/C25H18FI2N3O3/c26-19-8-6-16(7-9-19)14-34-25-20(27)11-17(12-21(25)28)13-30-31-23(32)15-33-22-5-1-3-18-4-2-10-29-24(18)22/h1-13H,14-15H2,(H,31,32)/b30-13+. The topological polar surface area (TPSA) is 72.8 Å². The van der Waals surface area contributed by atoms with Crippen LogP contribution >= 0.6 is 45.2 Å². The van der Waals surface area contributed by atoms with Gasteiger partial charge in [-0.3, -0.25) is 9.78 Å². The number of hydrogen-bond acceptors (Lipinski definition) is 5. The van der Waals surface area contributed by atoms with Crippen LogP contribution in [0.3, 0.4) is 0 Å². The zero-order valence-corrected chi connectivity index (χ0v) is 22.0. The quantitative estimate of drug-likeness (QED) is 0.148. The van der Waals surface area contributed by atoms with Crippen molar-refractivity contribution in [2.24, 2.45) is 5.10 Å². The van der Waals surface area contributed by atoms with Crippen LogP contribution in [0.1, 0.15) is 11.1 Å². The predicted octanol–water partition coefficient (Wildman–Crippen LogP) is 5.69. The summed E-state index contributed by atoms with van der Waals surface area (Å²) in [7, 11) is 0. The van der Waals surface area contributed by atoms with Crippen LogP contribution in [-0.2, 0) is 11.4 Å². The number of hydrazone groups is 1. The van der Waals surface area contributed by atoms with E-state index in [4.69, 9.17) is 9.47 Å². The summed E-state index contributed by atoms with van der Waals surface area (Å²) in [5.74, 6) is 0.620. The Bertz CT molecular complexity index is 1320. The number of pyridine rings is 1. The Morgan fingerprint density at radius 3 is 2.53 bits per heavy atom. The summed E-state index contributed by atoms with van der Waals surface area (Å²) in [4.78, 5) is 16.5. The Balaban J connectivity index is 1.32. The number of ether oxygens (including phenoxy) is 2. The van der Waals surface area contributed by atoms with Gasteiger partial charge in [0.1, 0.15) is 29.4 Å². The fourth-order valence-electron chi connectivity index (χ4n) is 3.08. The second-order valence-corrected chi connectivity index (χ2v) is 9.47. The summed E-state index contributed by atoms with van der Waals surface area (Å²) < 4.78 is 26.4. The molecule has 0 saturated carbocycles. The van der Waals surface area contributed by atoms with Crippen LogP contribution in [0.5, 0.6) is 11.5 Å². The number of nitrogens with one attached hydrogen (secondary N) is 1. The highest BCUT2D eigenvalue weighted by molar-refractivity contribution is 14.1. The average Bonchev–Trinajstić information content (AvgIpc) is 2.83. The first-order valence-corrected chi connectivity index (χ1v) is 12.3. The highest BCUT2D eigenvalue weighted by atomic mass is 127. The van der Waals surface area contributed by atoms with Gasteiger partial charge in [0.25, 0.3) is 5.91 Å². The van der Waals surface area contributed by atoms with Crippen LogP contribution in [0.15, 0.2) is 78.0 Å². The normalized spacial score (nSPS) is 11.0. The van der Waals surface area contributed by atoms with Gasteiger partial charge in [-0.15, -0.1) is 0 Å². The molecule has 0 spiro atoms. The Morgan fingerprint density at radius 2 is 1.76 bits per heavy atom. The summed E-state index contributed by atoms with van der Waals surface area (Å²) in [6.07, 6.45) is 3.24. The average molecular weight is 681 g/mol. The van der Waals surface area contributed by atoms with Gasteiger partial charge in [0, 0.05) is 11.6 Å². The number of aromatic nitrogens is 1. The monoisotopic (exact) mass is 681 g/mol. The molecule has 1 N–H and O–H groups in total. The maximum Gasteiger partial charge on any atom is 0.277 e. The van der Waals surface area contributed by atoms with Gasteiger partial charge < -0.3 is 9.47 Å². The fourth-order valence-corrected chi connectivity index (χ4v) is 5.20. The van der Waals surface area contributed by atoms with Crippen molar-refractivity contribution in [3.05, 3.63) is 97.0 Å². The number of nitrogens with zero attached hydrogens (tertiary/aromatic N) is 2. The molecule has 0 atom stereocenters. The van der Waals surface area contributed by atoms with Crippen molar-refractivity contribution in [2.45, 2.75) is 6.61 Å². The lowest BCUT2D eigenvalue weighted by atomic mass is 10.2. The molecule has 4 rings (SSSR count). The maximum atomic E-state index is 13.1. The molecule has 1 amide bonds. The molecule has 0 bridgehead atoms. The van der Waals surface area contributed by atoms with E-state index in [0.29, 0.717) is 17.9 Å². The number of carbonyl (C=O) groups is 1. The fraction of sp³-hybridized carbons (Fsp3) is 0.0800. The van der Waals surface area contributed by atoms with Crippen LogP contribution in [-0.4, -0.2) is 23.7 Å². The molecule has 34 heavy (non-hydrogen) atoms. The first-order valence-electron chi connectivity index (χ1n) is 10.1. The molecular weight excluding hydrogens is 663 g/mol. The zero-order valence-electron chi connectivity index (χ0n) is 17.7. The molecule has 0 aliphatic rings. The summed E-state index contributed by atoms with van der Waals surface area (Å²) in [6.45, 7) is 0.153. The van der Waals surface area contributed by atoms with E-state index >= 15 is 0 Å². The number of amides is 1.